The minimum absolute atomic E-state index is 0.0308. The molecule has 1 fully saturated rings. The van der Waals surface area contributed by atoms with Gasteiger partial charge in [0.2, 0.25) is 5.91 Å². The number of nitrogens with one attached hydrogen (secondary N) is 1. The fourth-order valence-corrected chi connectivity index (χ4v) is 2.94. The fourth-order valence-electron chi connectivity index (χ4n) is 2.94. The maximum atomic E-state index is 12.1. The van der Waals surface area contributed by atoms with Gasteiger partial charge < -0.3 is 15.3 Å². The predicted molar refractivity (Wildman–Crippen MR) is 73.7 cm³/mol. The molecular formula is C14H26N2O3. The Balaban J connectivity index is 2.52. The zero-order chi connectivity index (χ0) is 15.0. The summed E-state index contributed by atoms with van der Waals surface area (Å²) in [5.74, 6) is -1.97. The van der Waals surface area contributed by atoms with E-state index in [0.29, 0.717) is 6.54 Å². The van der Waals surface area contributed by atoms with Crippen LogP contribution < -0.4 is 5.32 Å². The van der Waals surface area contributed by atoms with Crippen molar-refractivity contribution in [1.29, 1.82) is 0 Å². The Kier molecular flexibility index (Phi) is 4.30. The number of amides is 1. The summed E-state index contributed by atoms with van der Waals surface area (Å²) < 4.78 is 0. The maximum Gasteiger partial charge on any atom is 0.307 e. The van der Waals surface area contributed by atoms with Crippen molar-refractivity contribution < 1.29 is 14.7 Å². The van der Waals surface area contributed by atoms with Crippen molar-refractivity contribution in [2.75, 3.05) is 27.2 Å². The lowest BCUT2D eigenvalue weighted by Crippen LogP contribution is -2.41. The molecule has 1 rings (SSSR count). The molecule has 1 aliphatic carbocycles. The lowest BCUT2D eigenvalue weighted by molar-refractivity contribution is -0.140. The summed E-state index contributed by atoms with van der Waals surface area (Å²) in [6, 6.07) is 0. The molecule has 110 valence electrons. The highest BCUT2D eigenvalue weighted by atomic mass is 16.4. The molecule has 2 atom stereocenters. The molecule has 0 aromatic carbocycles. The number of carboxylic acid groups (broad SMARTS) is 1. The second kappa shape index (κ2) is 5.12. The third kappa shape index (κ3) is 3.69. The minimum Gasteiger partial charge on any atom is -0.481 e. The number of nitrogens with zero attached hydrogens (tertiary/aromatic N) is 1. The van der Waals surface area contributed by atoms with Crippen molar-refractivity contribution in [2.45, 2.75) is 27.7 Å². The monoisotopic (exact) mass is 270 g/mol. The molecule has 1 amide bonds. The maximum absolute atomic E-state index is 12.1. The summed E-state index contributed by atoms with van der Waals surface area (Å²) in [5.41, 5.74) is -0.460. The van der Waals surface area contributed by atoms with Gasteiger partial charge in [-0.05, 0) is 24.9 Å². The quantitative estimate of drug-likeness (QED) is 0.757. The zero-order valence-electron chi connectivity index (χ0n) is 12.8. The van der Waals surface area contributed by atoms with Crippen LogP contribution in [-0.2, 0) is 9.59 Å². The summed E-state index contributed by atoms with van der Waals surface area (Å²) >= 11 is 0. The van der Waals surface area contributed by atoms with E-state index in [1.807, 2.05) is 27.9 Å². The van der Waals surface area contributed by atoms with E-state index >= 15 is 0 Å². The first-order valence-electron chi connectivity index (χ1n) is 6.64. The molecule has 5 heteroatoms. The number of carboxylic acids is 1. The molecule has 1 saturated carbocycles. The third-order valence-corrected chi connectivity index (χ3v) is 3.86. The van der Waals surface area contributed by atoms with Gasteiger partial charge in [0.15, 0.2) is 0 Å². The number of hydrogen-bond acceptors (Lipinski definition) is 3. The number of aliphatic carboxylic acids is 1. The summed E-state index contributed by atoms with van der Waals surface area (Å²) in [5, 5.41) is 12.0. The summed E-state index contributed by atoms with van der Waals surface area (Å²) in [6.45, 7) is 9.26. The first-order chi connectivity index (χ1) is 8.49. The minimum atomic E-state index is -0.877. The van der Waals surface area contributed by atoms with E-state index in [9.17, 15) is 9.59 Å². The van der Waals surface area contributed by atoms with Gasteiger partial charge in [-0.25, -0.2) is 0 Å². The van der Waals surface area contributed by atoms with Crippen LogP contribution in [0.3, 0.4) is 0 Å². The van der Waals surface area contributed by atoms with Crippen LogP contribution in [-0.4, -0.2) is 49.1 Å². The van der Waals surface area contributed by atoms with E-state index in [0.717, 1.165) is 6.54 Å². The highest BCUT2D eigenvalue weighted by Gasteiger charge is 2.65. The lowest BCUT2D eigenvalue weighted by Gasteiger charge is -2.28. The van der Waals surface area contributed by atoms with E-state index in [4.69, 9.17) is 5.11 Å². The molecule has 0 saturated heterocycles. The second-order valence-electron chi connectivity index (χ2n) is 7.23. The van der Waals surface area contributed by atoms with Crippen LogP contribution in [0.4, 0.5) is 0 Å². The van der Waals surface area contributed by atoms with Gasteiger partial charge in [-0.2, -0.15) is 0 Å². The second-order valence-corrected chi connectivity index (χ2v) is 7.23. The van der Waals surface area contributed by atoms with E-state index in [1.165, 1.54) is 0 Å². The molecular weight excluding hydrogens is 244 g/mol. The van der Waals surface area contributed by atoms with Crippen molar-refractivity contribution in [1.82, 2.24) is 10.2 Å². The highest BCUT2D eigenvalue weighted by molar-refractivity contribution is 5.91. The highest BCUT2D eigenvalue weighted by Crippen LogP contribution is 2.58. The fraction of sp³-hybridized carbons (Fsp3) is 0.857. The Morgan fingerprint density at radius 1 is 1.26 bits per heavy atom. The predicted octanol–water partition coefficient (Wildman–Crippen LogP) is 1.05. The molecule has 5 nitrogen and oxygen atoms in total. The van der Waals surface area contributed by atoms with E-state index < -0.39 is 23.2 Å². The van der Waals surface area contributed by atoms with Crippen molar-refractivity contribution in [3.63, 3.8) is 0 Å². The average molecular weight is 270 g/mol. The van der Waals surface area contributed by atoms with Crippen LogP contribution in [0.15, 0.2) is 0 Å². The van der Waals surface area contributed by atoms with Gasteiger partial charge >= 0.3 is 5.97 Å². The van der Waals surface area contributed by atoms with Gasteiger partial charge in [0, 0.05) is 13.1 Å². The van der Waals surface area contributed by atoms with Crippen molar-refractivity contribution in [3.8, 4) is 0 Å². The average Bonchev–Trinajstić information content (AvgIpc) is 2.76. The Bertz CT molecular complexity index is 375. The zero-order valence-corrected chi connectivity index (χ0v) is 12.8. The van der Waals surface area contributed by atoms with Gasteiger partial charge in [0.25, 0.3) is 0 Å². The van der Waals surface area contributed by atoms with Crippen molar-refractivity contribution in [2.24, 2.45) is 22.7 Å². The Morgan fingerprint density at radius 3 is 2.16 bits per heavy atom. The van der Waals surface area contributed by atoms with Crippen LogP contribution in [0.2, 0.25) is 0 Å². The Labute approximate surface area is 115 Å². The van der Waals surface area contributed by atoms with Crippen molar-refractivity contribution in [3.05, 3.63) is 0 Å². The topological polar surface area (TPSA) is 69.6 Å². The number of hydrogen-bond donors (Lipinski definition) is 2. The first kappa shape index (κ1) is 16.0. The summed E-state index contributed by atoms with van der Waals surface area (Å²) in [7, 11) is 3.99. The van der Waals surface area contributed by atoms with Gasteiger partial charge in [0.1, 0.15) is 0 Å². The molecule has 0 radical (unpaired) electrons. The molecule has 0 aliphatic heterocycles. The summed E-state index contributed by atoms with van der Waals surface area (Å²) in [6.07, 6.45) is 0. The Morgan fingerprint density at radius 2 is 1.79 bits per heavy atom. The van der Waals surface area contributed by atoms with E-state index in [1.54, 1.807) is 0 Å². The smallest absolute Gasteiger partial charge is 0.307 e. The third-order valence-electron chi connectivity index (χ3n) is 3.86. The largest absolute Gasteiger partial charge is 0.481 e. The van der Waals surface area contributed by atoms with Crippen LogP contribution >= 0.6 is 0 Å². The summed E-state index contributed by atoms with van der Waals surface area (Å²) in [4.78, 5) is 25.2. The molecule has 0 bridgehead atoms. The number of rotatable bonds is 6. The van der Waals surface area contributed by atoms with Crippen LogP contribution in [0, 0.1) is 22.7 Å². The molecule has 0 aromatic rings. The van der Waals surface area contributed by atoms with Crippen LogP contribution in [0.5, 0.6) is 0 Å². The molecule has 19 heavy (non-hydrogen) atoms. The van der Waals surface area contributed by atoms with Gasteiger partial charge in [-0.3, -0.25) is 9.59 Å². The van der Waals surface area contributed by atoms with E-state index in [-0.39, 0.29) is 11.3 Å². The van der Waals surface area contributed by atoms with Crippen LogP contribution in [0.1, 0.15) is 27.7 Å². The standard InChI is InChI=1S/C14H26N2O3/c1-13(2,8-16(5)6)7-15-11(17)9-10(12(18)19)14(9,3)4/h9-10H,7-8H2,1-6H3,(H,15,17)(H,18,19)/t9-,10+/m1/s1. The van der Waals surface area contributed by atoms with Gasteiger partial charge in [-0.1, -0.05) is 27.7 Å². The van der Waals surface area contributed by atoms with Gasteiger partial charge in [0.05, 0.1) is 11.8 Å². The molecule has 0 aromatic heterocycles. The number of carbonyl (C=O) groups excluding carboxylic acids is 1. The molecule has 0 unspecified atom stereocenters. The molecule has 2 N–H and O–H groups in total. The van der Waals surface area contributed by atoms with E-state index in [2.05, 4.69) is 24.1 Å². The van der Waals surface area contributed by atoms with Crippen LogP contribution in [0.25, 0.3) is 0 Å². The first-order valence-corrected chi connectivity index (χ1v) is 6.64. The lowest BCUT2D eigenvalue weighted by atomic mass is 9.93. The number of carbonyl (C=O) groups is 2. The van der Waals surface area contributed by atoms with Gasteiger partial charge in [-0.15, -0.1) is 0 Å². The molecule has 0 heterocycles. The molecule has 0 spiro atoms. The molecule has 1 aliphatic rings. The Hall–Kier alpha value is -1.10. The SMILES string of the molecule is CN(C)CC(C)(C)CNC(=O)[C@H]1[C@@H](C(=O)O)C1(C)C. The van der Waals surface area contributed by atoms with Crippen molar-refractivity contribution >= 4 is 11.9 Å². The normalized spacial score (nSPS) is 25.2.